The maximum absolute atomic E-state index is 3.79. The van der Waals surface area contributed by atoms with Crippen LogP contribution in [0.15, 0.2) is 24.3 Å². The summed E-state index contributed by atoms with van der Waals surface area (Å²) in [4.78, 5) is 2.58. The highest BCUT2D eigenvalue weighted by Gasteiger charge is 2.17. The molecule has 0 aliphatic carbocycles. The molecule has 1 aliphatic rings. The molecular weight excluding hydrogens is 232 g/mol. The molecule has 1 aromatic rings. The minimum absolute atomic E-state index is 0.484. The number of hydrogen-bond acceptors (Lipinski definition) is 2. The molecule has 2 rings (SSSR count). The lowest BCUT2D eigenvalue weighted by Gasteiger charge is -2.26. The van der Waals surface area contributed by atoms with Crippen molar-refractivity contribution < 1.29 is 0 Å². The van der Waals surface area contributed by atoms with E-state index in [0.717, 1.165) is 6.42 Å². The second-order valence-electron chi connectivity index (χ2n) is 5.95. The van der Waals surface area contributed by atoms with Gasteiger partial charge in [-0.1, -0.05) is 36.8 Å². The van der Waals surface area contributed by atoms with Gasteiger partial charge in [-0.15, -0.1) is 0 Å². The number of rotatable bonds is 6. The van der Waals surface area contributed by atoms with Gasteiger partial charge in [-0.3, -0.25) is 0 Å². The van der Waals surface area contributed by atoms with Crippen molar-refractivity contribution in [2.75, 3.05) is 19.6 Å². The van der Waals surface area contributed by atoms with E-state index in [1.807, 2.05) is 0 Å². The highest BCUT2D eigenvalue weighted by molar-refractivity contribution is 5.24. The van der Waals surface area contributed by atoms with Crippen LogP contribution in [0.4, 0.5) is 0 Å². The first-order valence-corrected chi connectivity index (χ1v) is 7.74. The van der Waals surface area contributed by atoms with Gasteiger partial charge in [-0.25, -0.2) is 0 Å². The van der Waals surface area contributed by atoms with Gasteiger partial charge in [0.1, 0.15) is 0 Å². The van der Waals surface area contributed by atoms with Crippen LogP contribution < -0.4 is 5.32 Å². The maximum Gasteiger partial charge on any atom is 0.0320 e. The first-order chi connectivity index (χ1) is 9.19. The van der Waals surface area contributed by atoms with Crippen molar-refractivity contribution in [2.24, 2.45) is 0 Å². The first kappa shape index (κ1) is 14.5. The monoisotopic (exact) mass is 260 g/mol. The van der Waals surface area contributed by atoms with E-state index in [0.29, 0.717) is 12.1 Å². The number of aryl methyl sites for hydroxylation is 1. The third kappa shape index (κ3) is 4.32. The molecule has 1 heterocycles. The first-order valence-electron chi connectivity index (χ1n) is 7.74. The van der Waals surface area contributed by atoms with Gasteiger partial charge in [0.2, 0.25) is 0 Å². The van der Waals surface area contributed by atoms with Gasteiger partial charge >= 0.3 is 0 Å². The quantitative estimate of drug-likeness (QED) is 0.842. The van der Waals surface area contributed by atoms with Gasteiger partial charge in [-0.05, 0) is 51.8 Å². The van der Waals surface area contributed by atoms with E-state index in [2.05, 4.69) is 55.3 Å². The van der Waals surface area contributed by atoms with Gasteiger partial charge in [0.05, 0.1) is 0 Å². The molecular formula is C17H28N2. The zero-order chi connectivity index (χ0) is 13.7. The molecule has 1 aromatic carbocycles. The smallest absolute Gasteiger partial charge is 0.0320 e. The summed E-state index contributed by atoms with van der Waals surface area (Å²) >= 11 is 0. The zero-order valence-corrected chi connectivity index (χ0v) is 12.7. The molecule has 0 spiro atoms. The standard InChI is InChI=1S/C17H28N2/c1-4-17(16-9-7-14(2)8-10-16)18-15(3)13-19-11-5-6-12-19/h7-10,15,17-18H,4-6,11-13H2,1-3H3. The largest absolute Gasteiger partial charge is 0.306 e. The van der Waals surface area contributed by atoms with Crippen molar-refractivity contribution in [1.29, 1.82) is 0 Å². The molecule has 106 valence electrons. The predicted molar refractivity (Wildman–Crippen MR) is 82.5 cm³/mol. The van der Waals surface area contributed by atoms with Gasteiger partial charge in [0, 0.05) is 18.6 Å². The molecule has 2 unspecified atom stereocenters. The highest BCUT2D eigenvalue weighted by atomic mass is 15.2. The normalized spacial score (nSPS) is 19.5. The van der Waals surface area contributed by atoms with Crippen LogP contribution >= 0.6 is 0 Å². The summed E-state index contributed by atoms with van der Waals surface area (Å²) in [6.45, 7) is 10.5. The Morgan fingerprint density at radius 3 is 2.37 bits per heavy atom. The Hall–Kier alpha value is -0.860. The fourth-order valence-corrected chi connectivity index (χ4v) is 3.00. The van der Waals surface area contributed by atoms with Crippen molar-refractivity contribution in [1.82, 2.24) is 10.2 Å². The Bertz CT molecular complexity index is 365. The van der Waals surface area contributed by atoms with Crippen LogP contribution in [0.5, 0.6) is 0 Å². The van der Waals surface area contributed by atoms with Crippen molar-refractivity contribution in [3.8, 4) is 0 Å². The predicted octanol–water partition coefficient (Wildman–Crippen LogP) is 3.52. The van der Waals surface area contributed by atoms with Crippen LogP contribution in [0, 0.1) is 6.92 Å². The van der Waals surface area contributed by atoms with E-state index in [9.17, 15) is 0 Å². The minimum atomic E-state index is 0.484. The second kappa shape index (κ2) is 7.06. The molecule has 19 heavy (non-hydrogen) atoms. The van der Waals surface area contributed by atoms with Gasteiger partial charge in [-0.2, -0.15) is 0 Å². The van der Waals surface area contributed by atoms with Crippen molar-refractivity contribution in [3.63, 3.8) is 0 Å². The number of benzene rings is 1. The van der Waals surface area contributed by atoms with Crippen LogP contribution in [0.2, 0.25) is 0 Å². The molecule has 0 amide bonds. The third-order valence-electron chi connectivity index (χ3n) is 4.10. The van der Waals surface area contributed by atoms with E-state index in [1.165, 1.54) is 43.6 Å². The fraction of sp³-hybridized carbons (Fsp3) is 0.647. The molecule has 0 aromatic heterocycles. The highest BCUT2D eigenvalue weighted by Crippen LogP contribution is 2.18. The lowest BCUT2D eigenvalue weighted by molar-refractivity contribution is 0.284. The van der Waals surface area contributed by atoms with Crippen LogP contribution in [0.3, 0.4) is 0 Å². The molecule has 2 nitrogen and oxygen atoms in total. The Kier molecular flexibility index (Phi) is 5.41. The maximum atomic E-state index is 3.79. The summed E-state index contributed by atoms with van der Waals surface area (Å²) in [6, 6.07) is 10.00. The molecule has 2 atom stereocenters. The summed E-state index contributed by atoms with van der Waals surface area (Å²) in [7, 11) is 0. The number of nitrogens with one attached hydrogen (secondary N) is 1. The molecule has 1 N–H and O–H groups in total. The van der Waals surface area contributed by atoms with E-state index in [1.54, 1.807) is 0 Å². The lowest BCUT2D eigenvalue weighted by Crippen LogP contribution is -2.39. The van der Waals surface area contributed by atoms with Crippen LogP contribution in [0.25, 0.3) is 0 Å². The third-order valence-corrected chi connectivity index (χ3v) is 4.10. The van der Waals surface area contributed by atoms with E-state index < -0.39 is 0 Å². The molecule has 1 saturated heterocycles. The molecule has 0 saturated carbocycles. The van der Waals surface area contributed by atoms with E-state index in [-0.39, 0.29) is 0 Å². The number of likely N-dealkylation sites (tertiary alicyclic amines) is 1. The van der Waals surface area contributed by atoms with Gasteiger partial charge in [0.25, 0.3) is 0 Å². The van der Waals surface area contributed by atoms with E-state index in [4.69, 9.17) is 0 Å². The fourth-order valence-electron chi connectivity index (χ4n) is 3.00. The molecule has 1 fully saturated rings. The average molecular weight is 260 g/mol. The minimum Gasteiger partial charge on any atom is -0.306 e. The van der Waals surface area contributed by atoms with Crippen LogP contribution in [-0.4, -0.2) is 30.6 Å². The summed E-state index contributed by atoms with van der Waals surface area (Å²) < 4.78 is 0. The summed E-state index contributed by atoms with van der Waals surface area (Å²) in [5, 5.41) is 3.79. The molecule has 0 bridgehead atoms. The van der Waals surface area contributed by atoms with Crippen LogP contribution in [-0.2, 0) is 0 Å². The summed E-state index contributed by atoms with van der Waals surface area (Å²) in [5.74, 6) is 0. The summed E-state index contributed by atoms with van der Waals surface area (Å²) in [6.07, 6.45) is 3.90. The topological polar surface area (TPSA) is 15.3 Å². The lowest BCUT2D eigenvalue weighted by atomic mass is 10.0. The Morgan fingerprint density at radius 2 is 1.79 bits per heavy atom. The van der Waals surface area contributed by atoms with Crippen LogP contribution in [0.1, 0.15) is 50.3 Å². The Labute approximate surface area is 118 Å². The van der Waals surface area contributed by atoms with Crippen molar-refractivity contribution in [2.45, 2.75) is 52.1 Å². The van der Waals surface area contributed by atoms with Crippen molar-refractivity contribution in [3.05, 3.63) is 35.4 Å². The van der Waals surface area contributed by atoms with Gasteiger partial charge < -0.3 is 10.2 Å². The Balaban J connectivity index is 1.88. The molecule has 0 radical (unpaired) electrons. The number of nitrogens with zero attached hydrogens (tertiary/aromatic N) is 1. The second-order valence-corrected chi connectivity index (χ2v) is 5.95. The summed E-state index contributed by atoms with van der Waals surface area (Å²) in [5.41, 5.74) is 2.75. The molecule has 2 heteroatoms. The molecule has 1 aliphatic heterocycles. The average Bonchev–Trinajstić information content (AvgIpc) is 2.90. The zero-order valence-electron chi connectivity index (χ0n) is 12.7. The number of hydrogen-bond donors (Lipinski definition) is 1. The van der Waals surface area contributed by atoms with Crippen molar-refractivity contribution >= 4 is 0 Å². The van der Waals surface area contributed by atoms with Gasteiger partial charge in [0.15, 0.2) is 0 Å². The SMILES string of the molecule is CCC(NC(C)CN1CCCC1)c1ccc(C)cc1. The Morgan fingerprint density at radius 1 is 1.16 bits per heavy atom. The van der Waals surface area contributed by atoms with E-state index >= 15 is 0 Å².